The molecule has 0 rings (SSSR count). The van der Waals surface area contributed by atoms with E-state index < -0.39 is 11.9 Å². The molecular formula is C9H13NO3. The first-order valence-electron chi connectivity index (χ1n) is 3.98. The third-order valence-corrected chi connectivity index (χ3v) is 1.56. The number of esters is 1. The predicted molar refractivity (Wildman–Crippen MR) is 47.7 cm³/mol. The zero-order valence-electron chi connectivity index (χ0n) is 7.79. The van der Waals surface area contributed by atoms with Crippen LogP contribution in [-0.4, -0.2) is 25.0 Å². The van der Waals surface area contributed by atoms with Crippen molar-refractivity contribution in [1.82, 2.24) is 5.32 Å². The summed E-state index contributed by atoms with van der Waals surface area (Å²) in [6.07, 6.45) is 6.18. The van der Waals surface area contributed by atoms with E-state index in [4.69, 9.17) is 6.42 Å². The highest BCUT2D eigenvalue weighted by Crippen LogP contribution is 1.95. The summed E-state index contributed by atoms with van der Waals surface area (Å²) in [4.78, 5) is 21.6. The Morgan fingerprint density at radius 1 is 1.62 bits per heavy atom. The maximum atomic E-state index is 11.0. The number of hydrogen-bond acceptors (Lipinski definition) is 3. The van der Waals surface area contributed by atoms with Crippen LogP contribution in [-0.2, 0) is 14.3 Å². The Balaban J connectivity index is 4.02. The lowest BCUT2D eigenvalue weighted by molar-refractivity contribution is -0.153. The monoisotopic (exact) mass is 183 g/mol. The number of amides is 1. The van der Waals surface area contributed by atoms with Gasteiger partial charge in [-0.05, 0) is 6.42 Å². The van der Waals surface area contributed by atoms with E-state index in [9.17, 15) is 9.59 Å². The van der Waals surface area contributed by atoms with Gasteiger partial charge in [0.2, 0.25) is 0 Å². The summed E-state index contributed by atoms with van der Waals surface area (Å²) in [6, 6.07) is -0.156. The molecule has 0 heterocycles. The topological polar surface area (TPSA) is 55.4 Å². The Morgan fingerprint density at radius 2 is 2.23 bits per heavy atom. The smallest absolute Gasteiger partial charge is 0.396 e. The van der Waals surface area contributed by atoms with Crippen molar-refractivity contribution in [1.29, 1.82) is 0 Å². The molecule has 0 aromatic heterocycles. The fourth-order valence-corrected chi connectivity index (χ4v) is 0.777. The summed E-state index contributed by atoms with van der Waals surface area (Å²) in [5, 5.41) is 2.46. The van der Waals surface area contributed by atoms with E-state index in [0.29, 0.717) is 12.8 Å². The molecule has 0 saturated heterocycles. The Hall–Kier alpha value is -1.50. The van der Waals surface area contributed by atoms with Crippen molar-refractivity contribution in [2.45, 2.75) is 25.8 Å². The standard InChI is InChI=1S/C9H13NO3/c1-4-6-7(5-2)10-8(11)9(12)13-3/h1,7H,5-6H2,2-3H3,(H,10,11). The quantitative estimate of drug-likeness (QED) is 0.383. The van der Waals surface area contributed by atoms with E-state index in [-0.39, 0.29) is 6.04 Å². The van der Waals surface area contributed by atoms with Crippen LogP contribution < -0.4 is 5.32 Å². The van der Waals surface area contributed by atoms with E-state index in [0.717, 1.165) is 7.11 Å². The van der Waals surface area contributed by atoms with Gasteiger partial charge in [0.25, 0.3) is 0 Å². The number of ether oxygens (including phenoxy) is 1. The van der Waals surface area contributed by atoms with Gasteiger partial charge in [0.1, 0.15) is 0 Å². The molecule has 0 aromatic carbocycles. The summed E-state index contributed by atoms with van der Waals surface area (Å²) in [5.41, 5.74) is 0. The second-order valence-electron chi connectivity index (χ2n) is 2.48. The van der Waals surface area contributed by atoms with E-state index in [1.165, 1.54) is 0 Å². The molecule has 0 fully saturated rings. The van der Waals surface area contributed by atoms with Crippen molar-refractivity contribution in [3.8, 4) is 12.3 Å². The van der Waals surface area contributed by atoms with Crippen molar-refractivity contribution in [2.75, 3.05) is 7.11 Å². The maximum absolute atomic E-state index is 11.0. The van der Waals surface area contributed by atoms with Crippen LogP contribution in [0, 0.1) is 12.3 Å². The minimum atomic E-state index is -0.893. The van der Waals surface area contributed by atoms with E-state index in [1.54, 1.807) is 0 Å². The second-order valence-corrected chi connectivity index (χ2v) is 2.48. The van der Waals surface area contributed by atoms with Crippen LogP contribution in [0.5, 0.6) is 0 Å². The molecule has 72 valence electrons. The minimum absolute atomic E-state index is 0.156. The summed E-state index contributed by atoms with van der Waals surface area (Å²) in [6.45, 7) is 1.87. The van der Waals surface area contributed by atoms with Crippen LogP contribution in [0.4, 0.5) is 0 Å². The van der Waals surface area contributed by atoms with Crippen molar-refractivity contribution in [3.05, 3.63) is 0 Å². The normalized spacial score (nSPS) is 11.2. The van der Waals surface area contributed by atoms with Gasteiger partial charge in [0.05, 0.1) is 7.11 Å². The molecule has 1 N–H and O–H groups in total. The van der Waals surface area contributed by atoms with Gasteiger partial charge in [-0.15, -0.1) is 12.3 Å². The zero-order chi connectivity index (χ0) is 10.3. The Bertz CT molecular complexity index is 230. The molecule has 0 saturated carbocycles. The van der Waals surface area contributed by atoms with E-state index in [2.05, 4.69) is 16.0 Å². The largest absolute Gasteiger partial charge is 0.462 e. The van der Waals surface area contributed by atoms with Gasteiger partial charge in [-0.25, -0.2) is 4.79 Å². The predicted octanol–water partition coefficient (Wildman–Crippen LogP) is 0.0775. The van der Waals surface area contributed by atoms with Crippen LogP contribution in [0.25, 0.3) is 0 Å². The fourth-order valence-electron chi connectivity index (χ4n) is 0.777. The first-order chi connectivity index (χ1) is 6.15. The number of carbonyl (C=O) groups is 2. The van der Waals surface area contributed by atoms with Crippen molar-refractivity contribution in [3.63, 3.8) is 0 Å². The summed E-state index contributed by atoms with van der Waals surface area (Å²) in [7, 11) is 1.16. The molecule has 0 aromatic rings. The second kappa shape index (κ2) is 6.06. The highest BCUT2D eigenvalue weighted by atomic mass is 16.5. The number of rotatable bonds is 3. The first-order valence-corrected chi connectivity index (χ1v) is 3.98. The van der Waals surface area contributed by atoms with Crippen LogP contribution in [0.1, 0.15) is 19.8 Å². The molecule has 0 bridgehead atoms. The average Bonchev–Trinajstić information content (AvgIpc) is 2.15. The SMILES string of the molecule is C#CCC(CC)NC(=O)C(=O)OC. The third-order valence-electron chi connectivity index (χ3n) is 1.56. The van der Waals surface area contributed by atoms with Gasteiger partial charge in [-0.2, -0.15) is 0 Å². The molecule has 0 spiro atoms. The third kappa shape index (κ3) is 4.16. The summed E-state index contributed by atoms with van der Waals surface area (Å²) < 4.78 is 4.23. The Morgan fingerprint density at radius 3 is 2.62 bits per heavy atom. The molecule has 1 unspecified atom stereocenters. The average molecular weight is 183 g/mol. The number of hydrogen-bond donors (Lipinski definition) is 1. The van der Waals surface area contributed by atoms with Gasteiger partial charge in [0, 0.05) is 12.5 Å². The number of nitrogens with one attached hydrogen (secondary N) is 1. The molecular weight excluding hydrogens is 170 g/mol. The fraction of sp³-hybridized carbons (Fsp3) is 0.556. The lowest BCUT2D eigenvalue weighted by Crippen LogP contribution is -2.39. The number of carbonyl (C=O) groups excluding carboxylic acids is 2. The van der Waals surface area contributed by atoms with E-state index in [1.807, 2.05) is 6.92 Å². The molecule has 0 aliphatic rings. The van der Waals surface area contributed by atoms with Crippen LogP contribution in [0.3, 0.4) is 0 Å². The van der Waals surface area contributed by atoms with Crippen molar-refractivity contribution < 1.29 is 14.3 Å². The first kappa shape index (κ1) is 11.5. The highest BCUT2D eigenvalue weighted by Gasteiger charge is 2.16. The Labute approximate surface area is 77.6 Å². The highest BCUT2D eigenvalue weighted by molar-refractivity contribution is 6.32. The van der Waals surface area contributed by atoms with Crippen LogP contribution in [0.15, 0.2) is 0 Å². The van der Waals surface area contributed by atoms with Gasteiger partial charge in [0.15, 0.2) is 0 Å². The molecule has 4 nitrogen and oxygen atoms in total. The van der Waals surface area contributed by atoms with Gasteiger partial charge in [-0.1, -0.05) is 6.92 Å². The molecule has 1 atom stereocenters. The van der Waals surface area contributed by atoms with Gasteiger partial charge in [-0.3, -0.25) is 4.79 Å². The number of terminal acetylenes is 1. The van der Waals surface area contributed by atoms with Crippen LogP contribution in [0.2, 0.25) is 0 Å². The molecule has 0 aliphatic heterocycles. The molecule has 13 heavy (non-hydrogen) atoms. The Kier molecular flexibility index (Phi) is 5.37. The lowest BCUT2D eigenvalue weighted by atomic mass is 10.1. The number of methoxy groups -OCH3 is 1. The maximum Gasteiger partial charge on any atom is 0.396 e. The van der Waals surface area contributed by atoms with Gasteiger partial charge >= 0.3 is 11.9 Å². The van der Waals surface area contributed by atoms with E-state index >= 15 is 0 Å². The van der Waals surface area contributed by atoms with Gasteiger partial charge < -0.3 is 10.1 Å². The molecule has 4 heteroatoms. The van der Waals surface area contributed by atoms with Crippen molar-refractivity contribution >= 4 is 11.9 Å². The molecule has 1 amide bonds. The van der Waals surface area contributed by atoms with Crippen LogP contribution >= 0.6 is 0 Å². The minimum Gasteiger partial charge on any atom is -0.462 e. The summed E-state index contributed by atoms with van der Waals surface area (Å²) in [5.74, 6) is 0.775. The molecule has 0 aliphatic carbocycles. The zero-order valence-corrected chi connectivity index (χ0v) is 7.79. The molecule has 0 radical (unpaired) electrons. The van der Waals surface area contributed by atoms with Crippen molar-refractivity contribution in [2.24, 2.45) is 0 Å². The lowest BCUT2D eigenvalue weighted by Gasteiger charge is -2.12. The summed E-state index contributed by atoms with van der Waals surface area (Å²) >= 11 is 0.